The molecule has 1 aliphatic heterocycles. The molecule has 1 aliphatic rings. The lowest BCUT2D eigenvalue weighted by Gasteiger charge is -2.14. The van der Waals surface area contributed by atoms with Gasteiger partial charge in [0.05, 0.1) is 12.4 Å². The summed E-state index contributed by atoms with van der Waals surface area (Å²) >= 11 is 7.54. The van der Waals surface area contributed by atoms with Gasteiger partial charge in [-0.05, 0) is 24.6 Å². The van der Waals surface area contributed by atoms with Crippen LogP contribution in [0.25, 0.3) is 0 Å². The van der Waals surface area contributed by atoms with E-state index in [1.807, 2.05) is 24.3 Å². The molecule has 1 saturated heterocycles. The van der Waals surface area contributed by atoms with Crippen molar-refractivity contribution in [3.8, 4) is 0 Å². The predicted molar refractivity (Wildman–Crippen MR) is 76.6 cm³/mol. The standard InChI is InChI=1S/C13H14ClN3O2S/c14-9-2-1-3-10(6-9)20-7-11-16-12(19-17-11)13(15)4-5-18-8-13/h1-3,6H,4-5,7-8,15H2. The Morgan fingerprint density at radius 1 is 1.45 bits per heavy atom. The normalized spacial score (nSPS) is 22.3. The molecule has 5 nitrogen and oxygen atoms in total. The minimum Gasteiger partial charge on any atom is -0.379 e. The zero-order valence-electron chi connectivity index (χ0n) is 10.7. The second kappa shape index (κ2) is 5.73. The van der Waals surface area contributed by atoms with E-state index < -0.39 is 5.54 Å². The van der Waals surface area contributed by atoms with Crippen molar-refractivity contribution in [2.45, 2.75) is 22.6 Å². The Bertz CT molecular complexity index is 599. The first-order chi connectivity index (χ1) is 9.66. The van der Waals surface area contributed by atoms with Crippen molar-refractivity contribution in [1.82, 2.24) is 10.1 Å². The van der Waals surface area contributed by atoms with Crippen LogP contribution in [0.2, 0.25) is 5.02 Å². The Kier molecular flexibility index (Phi) is 3.98. The number of hydrogen-bond donors (Lipinski definition) is 1. The third kappa shape index (κ3) is 2.98. The molecule has 0 spiro atoms. The van der Waals surface area contributed by atoms with Gasteiger partial charge in [-0.1, -0.05) is 22.8 Å². The highest BCUT2D eigenvalue weighted by Crippen LogP contribution is 2.28. The van der Waals surface area contributed by atoms with E-state index in [1.165, 1.54) is 0 Å². The third-order valence-electron chi connectivity index (χ3n) is 3.11. The van der Waals surface area contributed by atoms with Crippen LogP contribution < -0.4 is 5.73 Å². The summed E-state index contributed by atoms with van der Waals surface area (Å²) in [5.41, 5.74) is 5.54. The van der Waals surface area contributed by atoms with Gasteiger partial charge in [-0.25, -0.2) is 0 Å². The number of rotatable bonds is 4. The lowest BCUT2D eigenvalue weighted by molar-refractivity contribution is 0.166. The first kappa shape index (κ1) is 13.9. The quantitative estimate of drug-likeness (QED) is 0.875. The van der Waals surface area contributed by atoms with E-state index in [4.69, 9.17) is 26.6 Å². The maximum Gasteiger partial charge on any atom is 0.249 e. The van der Waals surface area contributed by atoms with E-state index in [9.17, 15) is 0 Å². The van der Waals surface area contributed by atoms with Gasteiger partial charge in [-0.15, -0.1) is 11.8 Å². The van der Waals surface area contributed by atoms with Gasteiger partial charge in [0.15, 0.2) is 5.82 Å². The molecule has 2 aromatic rings. The predicted octanol–water partition coefficient (Wildman–Crippen LogP) is 2.59. The molecule has 2 heterocycles. The fraction of sp³-hybridized carbons (Fsp3) is 0.385. The van der Waals surface area contributed by atoms with Gasteiger partial charge in [-0.3, -0.25) is 0 Å². The summed E-state index contributed by atoms with van der Waals surface area (Å²) < 4.78 is 10.6. The largest absolute Gasteiger partial charge is 0.379 e. The van der Waals surface area contributed by atoms with Gasteiger partial charge in [0.2, 0.25) is 5.89 Å². The highest BCUT2D eigenvalue weighted by atomic mass is 35.5. The molecule has 0 amide bonds. The van der Waals surface area contributed by atoms with Crippen molar-refractivity contribution in [3.63, 3.8) is 0 Å². The van der Waals surface area contributed by atoms with Gasteiger partial charge in [-0.2, -0.15) is 4.98 Å². The maximum absolute atomic E-state index is 6.18. The van der Waals surface area contributed by atoms with E-state index >= 15 is 0 Å². The van der Waals surface area contributed by atoms with E-state index in [0.717, 1.165) is 4.90 Å². The summed E-state index contributed by atoms with van der Waals surface area (Å²) in [6.45, 7) is 1.06. The number of thioether (sulfide) groups is 1. The average molecular weight is 312 g/mol. The maximum atomic E-state index is 6.18. The Balaban J connectivity index is 1.65. The summed E-state index contributed by atoms with van der Waals surface area (Å²) in [4.78, 5) is 5.43. The fourth-order valence-electron chi connectivity index (χ4n) is 1.97. The van der Waals surface area contributed by atoms with Crippen molar-refractivity contribution in [2.75, 3.05) is 13.2 Å². The van der Waals surface area contributed by atoms with E-state index in [2.05, 4.69) is 10.1 Å². The van der Waals surface area contributed by atoms with Crippen LogP contribution in [0.4, 0.5) is 0 Å². The van der Waals surface area contributed by atoms with E-state index in [0.29, 0.717) is 42.1 Å². The first-order valence-corrected chi connectivity index (χ1v) is 7.60. The van der Waals surface area contributed by atoms with Crippen LogP contribution in [0.1, 0.15) is 18.1 Å². The van der Waals surface area contributed by atoms with Crippen LogP contribution in [-0.2, 0) is 16.0 Å². The fourth-order valence-corrected chi connectivity index (χ4v) is 3.02. The number of hydrogen-bond acceptors (Lipinski definition) is 6. The van der Waals surface area contributed by atoms with Gasteiger partial charge in [0.1, 0.15) is 5.54 Å². The van der Waals surface area contributed by atoms with Crippen LogP contribution in [-0.4, -0.2) is 23.4 Å². The van der Waals surface area contributed by atoms with Crippen molar-refractivity contribution < 1.29 is 9.26 Å². The van der Waals surface area contributed by atoms with E-state index in [-0.39, 0.29) is 0 Å². The Labute approximate surface area is 125 Å². The smallest absolute Gasteiger partial charge is 0.249 e. The molecule has 0 aliphatic carbocycles. The highest BCUT2D eigenvalue weighted by molar-refractivity contribution is 7.98. The van der Waals surface area contributed by atoms with Crippen LogP contribution in [0.5, 0.6) is 0 Å². The summed E-state index contributed by atoms with van der Waals surface area (Å²) in [6.07, 6.45) is 0.704. The molecule has 7 heteroatoms. The summed E-state index contributed by atoms with van der Waals surface area (Å²) in [5.74, 6) is 1.69. The molecule has 1 unspecified atom stereocenters. The number of nitrogens with two attached hydrogens (primary N) is 1. The molecule has 1 aromatic carbocycles. The Morgan fingerprint density at radius 3 is 3.10 bits per heavy atom. The average Bonchev–Trinajstić information content (AvgIpc) is 3.06. The number of aromatic nitrogens is 2. The molecule has 20 heavy (non-hydrogen) atoms. The molecule has 1 atom stereocenters. The number of nitrogens with zero attached hydrogens (tertiary/aromatic N) is 2. The summed E-state index contributed by atoms with van der Waals surface area (Å²) in [5, 5.41) is 4.68. The molecule has 0 radical (unpaired) electrons. The molecule has 1 fully saturated rings. The lowest BCUT2D eigenvalue weighted by Crippen LogP contribution is -2.37. The number of halogens is 1. The molecular weight excluding hydrogens is 298 g/mol. The SMILES string of the molecule is NC1(c2nc(CSc3cccc(Cl)c3)no2)CCOC1. The van der Waals surface area contributed by atoms with Crippen molar-refractivity contribution >= 4 is 23.4 Å². The third-order valence-corrected chi connectivity index (χ3v) is 4.34. The second-order valence-corrected chi connectivity index (χ2v) is 6.21. The van der Waals surface area contributed by atoms with Crippen molar-refractivity contribution in [3.05, 3.63) is 41.0 Å². The monoisotopic (exact) mass is 311 g/mol. The number of benzene rings is 1. The zero-order valence-corrected chi connectivity index (χ0v) is 12.3. The summed E-state index contributed by atoms with van der Waals surface area (Å²) in [7, 11) is 0. The van der Waals surface area contributed by atoms with Crippen LogP contribution in [0.3, 0.4) is 0 Å². The van der Waals surface area contributed by atoms with Gasteiger partial charge >= 0.3 is 0 Å². The van der Waals surface area contributed by atoms with E-state index in [1.54, 1.807) is 11.8 Å². The van der Waals surface area contributed by atoms with Crippen molar-refractivity contribution in [1.29, 1.82) is 0 Å². The molecule has 106 valence electrons. The molecule has 0 saturated carbocycles. The number of ether oxygens (including phenoxy) is 1. The second-order valence-electron chi connectivity index (χ2n) is 4.72. The van der Waals surface area contributed by atoms with Gasteiger partial charge < -0.3 is 15.0 Å². The molecule has 2 N–H and O–H groups in total. The minimum absolute atomic E-state index is 0.427. The molecular formula is C13H14ClN3O2S. The first-order valence-electron chi connectivity index (χ1n) is 6.24. The van der Waals surface area contributed by atoms with Crippen LogP contribution >= 0.6 is 23.4 Å². The van der Waals surface area contributed by atoms with Crippen molar-refractivity contribution in [2.24, 2.45) is 5.73 Å². The molecule has 1 aromatic heterocycles. The molecule has 3 rings (SSSR count). The molecule has 0 bridgehead atoms. The van der Waals surface area contributed by atoms with Crippen LogP contribution in [0.15, 0.2) is 33.7 Å². The highest BCUT2D eigenvalue weighted by Gasteiger charge is 2.38. The zero-order chi connectivity index (χ0) is 14.0. The Hall–Kier alpha value is -1.08. The van der Waals surface area contributed by atoms with Gasteiger partial charge in [0.25, 0.3) is 0 Å². The topological polar surface area (TPSA) is 74.2 Å². The minimum atomic E-state index is -0.633. The van der Waals surface area contributed by atoms with Crippen LogP contribution in [0, 0.1) is 0 Å². The Morgan fingerprint density at radius 2 is 2.35 bits per heavy atom. The van der Waals surface area contributed by atoms with Gasteiger partial charge in [0, 0.05) is 16.5 Å². The lowest BCUT2D eigenvalue weighted by atomic mass is 10.0. The summed E-state index contributed by atoms with van der Waals surface area (Å²) in [6, 6.07) is 7.66.